The zero-order chi connectivity index (χ0) is 11.9. The number of hydrogen-bond acceptors (Lipinski definition) is 1. The highest BCUT2D eigenvalue weighted by atomic mass is 15.1. The van der Waals surface area contributed by atoms with Crippen LogP contribution in [-0.4, -0.2) is 24.5 Å². The fraction of sp³-hybridized carbons (Fsp3) is 1.00. The zero-order valence-corrected chi connectivity index (χ0v) is 11.8. The van der Waals surface area contributed by atoms with E-state index in [0.717, 1.165) is 29.6 Å². The van der Waals surface area contributed by atoms with Crippen molar-refractivity contribution in [3.63, 3.8) is 0 Å². The lowest BCUT2D eigenvalue weighted by molar-refractivity contribution is -0.0187. The molecule has 0 N–H and O–H groups in total. The molecule has 2 aliphatic heterocycles. The van der Waals surface area contributed by atoms with Crippen LogP contribution in [0.25, 0.3) is 0 Å². The molecule has 4 aliphatic rings. The Morgan fingerprint density at radius 2 is 1.39 bits per heavy atom. The van der Waals surface area contributed by atoms with Crippen LogP contribution in [0.4, 0.5) is 0 Å². The molecule has 1 nitrogen and oxygen atoms in total. The third kappa shape index (κ3) is 2.03. The minimum absolute atomic E-state index is 1.07. The highest BCUT2D eigenvalue weighted by Gasteiger charge is 2.43. The minimum Gasteiger partial charge on any atom is -0.303 e. The first kappa shape index (κ1) is 11.8. The third-order valence-corrected chi connectivity index (χ3v) is 6.66. The number of rotatable bonds is 1. The van der Waals surface area contributed by atoms with E-state index in [1.165, 1.54) is 32.5 Å². The third-order valence-electron chi connectivity index (χ3n) is 6.66. The van der Waals surface area contributed by atoms with Gasteiger partial charge in [0.1, 0.15) is 0 Å². The summed E-state index contributed by atoms with van der Waals surface area (Å²) in [5.41, 5.74) is 0. The normalized spacial score (nSPS) is 52.0. The molecule has 2 saturated carbocycles. The van der Waals surface area contributed by atoms with Crippen molar-refractivity contribution in [2.75, 3.05) is 19.6 Å². The maximum Gasteiger partial charge on any atom is 0.00127 e. The fourth-order valence-electron chi connectivity index (χ4n) is 6.12. The summed E-state index contributed by atoms with van der Waals surface area (Å²) in [6.45, 7) is 4.32. The molecule has 3 atom stereocenters. The molecule has 4 fully saturated rings. The van der Waals surface area contributed by atoms with Gasteiger partial charge in [0.25, 0.3) is 0 Å². The van der Waals surface area contributed by atoms with E-state index < -0.39 is 0 Å². The number of hydrogen-bond donors (Lipinski definition) is 0. The van der Waals surface area contributed by atoms with Crippen LogP contribution >= 0.6 is 0 Å². The Morgan fingerprint density at radius 1 is 0.667 bits per heavy atom. The largest absolute Gasteiger partial charge is 0.303 e. The van der Waals surface area contributed by atoms with Crippen LogP contribution in [0.3, 0.4) is 0 Å². The Bertz CT molecular complexity index is 266. The molecule has 0 amide bonds. The van der Waals surface area contributed by atoms with Crippen molar-refractivity contribution < 1.29 is 0 Å². The van der Waals surface area contributed by atoms with Gasteiger partial charge in [0, 0.05) is 13.1 Å². The lowest BCUT2D eigenvalue weighted by Gasteiger charge is -2.51. The van der Waals surface area contributed by atoms with Gasteiger partial charge in [0.05, 0.1) is 0 Å². The predicted octanol–water partition coefficient (Wildman–Crippen LogP) is 3.93. The quantitative estimate of drug-likeness (QED) is 0.678. The summed E-state index contributed by atoms with van der Waals surface area (Å²) in [4.78, 5) is 2.81. The Hall–Kier alpha value is -0.0400. The molecule has 0 spiro atoms. The van der Waals surface area contributed by atoms with Gasteiger partial charge in [0.2, 0.25) is 0 Å². The molecule has 2 heterocycles. The van der Waals surface area contributed by atoms with Crippen LogP contribution in [0.5, 0.6) is 0 Å². The Balaban J connectivity index is 1.51. The summed E-state index contributed by atoms with van der Waals surface area (Å²) < 4.78 is 0. The summed E-state index contributed by atoms with van der Waals surface area (Å²) in [5, 5.41) is 0. The summed E-state index contributed by atoms with van der Waals surface area (Å²) in [6, 6.07) is 0. The second kappa shape index (κ2) is 4.81. The van der Waals surface area contributed by atoms with Crippen molar-refractivity contribution in [1.29, 1.82) is 0 Å². The maximum absolute atomic E-state index is 2.81. The van der Waals surface area contributed by atoms with E-state index in [1.807, 2.05) is 0 Å². The van der Waals surface area contributed by atoms with Gasteiger partial charge in [0.15, 0.2) is 0 Å². The van der Waals surface area contributed by atoms with Crippen molar-refractivity contribution in [2.45, 2.75) is 57.8 Å². The van der Waals surface area contributed by atoms with Crippen molar-refractivity contribution in [1.82, 2.24) is 4.90 Å². The summed E-state index contributed by atoms with van der Waals surface area (Å²) >= 11 is 0. The molecule has 0 aromatic heterocycles. The highest BCUT2D eigenvalue weighted by molar-refractivity contribution is 4.94. The summed E-state index contributed by atoms with van der Waals surface area (Å²) in [6.07, 6.45) is 14.0. The first-order valence-corrected chi connectivity index (χ1v) is 8.62. The SMILES string of the molecule is C1CC2CCCC(C1)C2C1CC2CCCN(C2)C1. The number of fused-ring (bicyclic) bond motifs is 4. The standard InChI is InChI=1S/C17H29N/c1-5-14-7-2-8-15(6-1)17(14)16-10-13-4-3-9-18(11-13)12-16/h13-17H,1-12H2. The Morgan fingerprint density at radius 3 is 2.06 bits per heavy atom. The fourth-order valence-corrected chi connectivity index (χ4v) is 6.12. The van der Waals surface area contributed by atoms with Gasteiger partial charge in [-0.15, -0.1) is 0 Å². The molecule has 1 heteroatoms. The van der Waals surface area contributed by atoms with Crippen LogP contribution < -0.4 is 0 Å². The molecule has 0 radical (unpaired) electrons. The smallest absolute Gasteiger partial charge is 0.00127 e. The number of piperidine rings is 2. The van der Waals surface area contributed by atoms with E-state index in [4.69, 9.17) is 0 Å². The van der Waals surface area contributed by atoms with E-state index in [-0.39, 0.29) is 0 Å². The molecule has 2 aliphatic carbocycles. The molecule has 2 saturated heterocycles. The van der Waals surface area contributed by atoms with Gasteiger partial charge in [-0.25, -0.2) is 0 Å². The molecular formula is C17H29N. The monoisotopic (exact) mass is 247 g/mol. The highest BCUT2D eigenvalue weighted by Crippen LogP contribution is 2.50. The topological polar surface area (TPSA) is 3.24 Å². The molecular weight excluding hydrogens is 218 g/mol. The number of nitrogens with zero attached hydrogens (tertiary/aromatic N) is 1. The summed E-state index contributed by atoms with van der Waals surface area (Å²) in [7, 11) is 0. The lowest BCUT2D eigenvalue weighted by Crippen LogP contribution is -2.50. The van der Waals surface area contributed by atoms with Crippen LogP contribution in [0.15, 0.2) is 0 Å². The van der Waals surface area contributed by atoms with E-state index in [9.17, 15) is 0 Å². The minimum atomic E-state index is 1.07. The molecule has 0 aromatic rings. The van der Waals surface area contributed by atoms with Gasteiger partial charge < -0.3 is 4.90 Å². The van der Waals surface area contributed by atoms with E-state index in [1.54, 1.807) is 44.9 Å². The van der Waals surface area contributed by atoms with Gasteiger partial charge in [-0.05, 0) is 55.4 Å². The van der Waals surface area contributed by atoms with Crippen molar-refractivity contribution in [3.8, 4) is 0 Å². The molecule has 4 bridgehead atoms. The maximum atomic E-state index is 2.81. The lowest BCUT2D eigenvalue weighted by atomic mass is 9.58. The summed E-state index contributed by atoms with van der Waals surface area (Å²) in [5.74, 6) is 5.54. The molecule has 4 rings (SSSR count). The van der Waals surface area contributed by atoms with E-state index >= 15 is 0 Å². The van der Waals surface area contributed by atoms with E-state index in [2.05, 4.69) is 4.90 Å². The first-order chi connectivity index (χ1) is 8.90. The zero-order valence-electron chi connectivity index (χ0n) is 11.8. The second-order valence-corrected chi connectivity index (χ2v) is 7.72. The van der Waals surface area contributed by atoms with Crippen LogP contribution in [0.1, 0.15) is 57.8 Å². The molecule has 3 unspecified atom stereocenters. The van der Waals surface area contributed by atoms with Crippen molar-refractivity contribution >= 4 is 0 Å². The van der Waals surface area contributed by atoms with Crippen LogP contribution in [0, 0.1) is 29.6 Å². The second-order valence-electron chi connectivity index (χ2n) is 7.72. The van der Waals surface area contributed by atoms with Crippen LogP contribution in [0.2, 0.25) is 0 Å². The van der Waals surface area contributed by atoms with Gasteiger partial charge >= 0.3 is 0 Å². The first-order valence-electron chi connectivity index (χ1n) is 8.62. The van der Waals surface area contributed by atoms with Gasteiger partial charge in [-0.3, -0.25) is 0 Å². The molecule has 18 heavy (non-hydrogen) atoms. The van der Waals surface area contributed by atoms with Crippen molar-refractivity contribution in [3.05, 3.63) is 0 Å². The van der Waals surface area contributed by atoms with Gasteiger partial charge in [-0.1, -0.05) is 38.5 Å². The Kier molecular flexibility index (Phi) is 3.14. The van der Waals surface area contributed by atoms with Crippen molar-refractivity contribution in [2.24, 2.45) is 29.6 Å². The molecule has 102 valence electrons. The predicted molar refractivity (Wildman–Crippen MR) is 75.4 cm³/mol. The average Bonchev–Trinajstić information content (AvgIpc) is 2.37. The van der Waals surface area contributed by atoms with E-state index in [0.29, 0.717) is 0 Å². The van der Waals surface area contributed by atoms with Crippen LogP contribution in [-0.2, 0) is 0 Å². The van der Waals surface area contributed by atoms with Gasteiger partial charge in [-0.2, -0.15) is 0 Å². The average molecular weight is 247 g/mol. The Labute approximate surface area is 112 Å². The molecule has 0 aromatic carbocycles.